The van der Waals surface area contributed by atoms with Gasteiger partial charge in [0.15, 0.2) is 4.34 Å². The number of hydrogen-bond acceptors (Lipinski definition) is 14. The van der Waals surface area contributed by atoms with Crippen LogP contribution < -0.4 is 5.32 Å². The highest BCUT2D eigenvalue weighted by Crippen LogP contribution is 2.47. The van der Waals surface area contributed by atoms with Crippen molar-refractivity contribution < 1.29 is 24.2 Å². The summed E-state index contributed by atoms with van der Waals surface area (Å²) in [5.41, 5.74) is -1.16. The first kappa shape index (κ1) is 23.9. The Morgan fingerprint density at radius 2 is 2.18 bits per heavy atom. The fourth-order valence-corrected chi connectivity index (χ4v) is 6.88. The Labute approximate surface area is 203 Å². The van der Waals surface area contributed by atoms with E-state index in [0.29, 0.717) is 33.1 Å². The van der Waals surface area contributed by atoms with Crippen LogP contribution in [0.3, 0.4) is 0 Å². The Kier molecular flexibility index (Phi) is 7.17. The molecule has 2 N–H and O–H groups in total. The molecule has 2 aliphatic rings. The number of aliphatic carboxylic acids is 1. The van der Waals surface area contributed by atoms with Crippen molar-refractivity contribution in [2.75, 3.05) is 24.4 Å². The van der Waals surface area contributed by atoms with Crippen molar-refractivity contribution in [3.63, 3.8) is 0 Å². The summed E-state index contributed by atoms with van der Waals surface area (Å²) in [5, 5.41) is 30.2. The Morgan fingerprint density at radius 1 is 1.36 bits per heavy atom. The highest BCUT2D eigenvalue weighted by Gasteiger charge is 2.66. The minimum Gasteiger partial charge on any atom is -0.477 e. The Balaban J connectivity index is 1.43. The van der Waals surface area contributed by atoms with E-state index < -0.39 is 28.9 Å². The molecule has 0 spiro atoms. The van der Waals surface area contributed by atoms with Crippen molar-refractivity contribution in [2.24, 2.45) is 0 Å². The first-order chi connectivity index (χ1) is 15.9. The van der Waals surface area contributed by atoms with Crippen LogP contribution in [0.2, 0.25) is 0 Å². The molecule has 1 unspecified atom stereocenters. The van der Waals surface area contributed by atoms with E-state index in [1.165, 1.54) is 47.3 Å². The summed E-state index contributed by atoms with van der Waals surface area (Å²) < 4.78 is 11.3. The summed E-state index contributed by atoms with van der Waals surface area (Å²) in [6.45, 7) is 1.74. The highest BCUT2D eigenvalue weighted by atomic mass is 32.2. The van der Waals surface area contributed by atoms with Gasteiger partial charge in [-0.1, -0.05) is 16.3 Å². The van der Waals surface area contributed by atoms with Crippen LogP contribution in [0, 0.1) is 6.92 Å². The Hall–Kier alpha value is -2.28. The molecule has 14 nitrogen and oxygen atoms in total. The molecule has 0 bridgehead atoms. The van der Waals surface area contributed by atoms with E-state index in [2.05, 4.69) is 35.6 Å². The number of β-lactam (4-membered cyclic amide) rings is 1. The quantitative estimate of drug-likeness (QED) is 0.226. The van der Waals surface area contributed by atoms with Crippen molar-refractivity contribution >= 4 is 64.6 Å². The van der Waals surface area contributed by atoms with E-state index >= 15 is 0 Å². The smallest absolute Gasteiger partial charge is 0.352 e. The molecule has 2 aromatic rings. The molecule has 2 aliphatic heterocycles. The van der Waals surface area contributed by atoms with E-state index in [1.54, 1.807) is 11.6 Å². The van der Waals surface area contributed by atoms with Crippen molar-refractivity contribution in [3.05, 3.63) is 17.1 Å². The van der Waals surface area contributed by atoms with Crippen molar-refractivity contribution in [2.45, 2.75) is 28.2 Å². The normalized spacial score (nSPS) is 22.2. The number of hydrogen-bond donors (Lipinski definition) is 2. The molecule has 1 fully saturated rings. The lowest BCUT2D eigenvalue weighted by molar-refractivity contribution is -0.192. The number of amides is 2. The molecule has 2 atom stereocenters. The van der Waals surface area contributed by atoms with Crippen LogP contribution in [0.15, 0.2) is 15.6 Å². The number of carbonyl (C=O) groups is 3. The highest BCUT2D eigenvalue weighted by molar-refractivity contribution is 8.01. The van der Waals surface area contributed by atoms with Gasteiger partial charge in [0.2, 0.25) is 5.91 Å². The maximum absolute atomic E-state index is 13.1. The lowest BCUT2D eigenvalue weighted by atomic mass is 9.98. The van der Waals surface area contributed by atoms with Gasteiger partial charge in [0.1, 0.15) is 16.9 Å². The summed E-state index contributed by atoms with van der Waals surface area (Å²) in [5.74, 6) is -0.588. The minimum absolute atomic E-state index is 0.0362. The third-order valence-electron chi connectivity index (χ3n) is 4.77. The van der Waals surface area contributed by atoms with E-state index in [-0.39, 0.29) is 11.4 Å². The van der Waals surface area contributed by atoms with Gasteiger partial charge < -0.3 is 15.2 Å². The van der Waals surface area contributed by atoms with E-state index in [9.17, 15) is 19.5 Å². The molecule has 33 heavy (non-hydrogen) atoms. The molecular weight excluding hydrogens is 514 g/mol. The third kappa shape index (κ3) is 4.57. The van der Waals surface area contributed by atoms with Crippen LogP contribution in [0.5, 0.6) is 0 Å². The minimum atomic E-state index is -1.63. The maximum atomic E-state index is 13.1. The molecule has 2 amide bonds. The van der Waals surface area contributed by atoms with Gasteiger partial charge in [0.25, 0.3) is 11.6 Å². The number of thioether (sulfide) groups is 3. The van der Waals surface area contributed by atoms with Gasteiger partial charge in [0.05, 0.1) is 11.6 Å². The number of nitrogens with one attached hydrogen (secondary N) is 1. The molecule has 4 rings (SSSR count). The number of carboxylic acids is 1. The molecule has 176 valence electrons. The van der Waals surface area contributed by atoms with Crippen molar-refractivity contribution in [3.8, 4) is 0 Å². The van der Waals surface area contributed by atoms with Crippen LogP contribution in [0.4, 0.5) is 0 Å². The molecular formula is C15H17N9O5S4. The predicted octanol–water partition coefficient (Wildman–Crippen LogP) is -0.576. The summed E-state index contributed by atoms with van der Waals surface area (Å²) in [6, 6.07) is 0. The second kappa shape index (κ2) is 9.92. The van der Waals surface area contributed by atoms with Crippen molar-refractivity contribution in [1.82, 2.24) is 45.2 Å². The van der Waals surface area contributed by atoms with Gasteiger partial charge in [-0.15, -0.1) is 33.7 Å². The van der Waals surface area contributed by atoms with Crippen LogP contribution in [0.1, 0.15) is 5.82 Å². The average molecular weight is 532 g/mol. The Morgan fingerprint density at radius 3 is 2.82 bits per heavy atom. The molecule has 0 saturated carbocycles. The molecule has 2 aromatic heterocycles. The second-order valence-electron chi connectivity index (χ2n) is 6.70. The number of nitrogens with zero attached hydrogens (tertiary/aromatic N) is 8. The SMILES string of the molecule is CO[C@@]1(NC(=O)CSCn2nnnc2C)C(=O)N2C(C(=O)O)=C(CSc3nnns3)CSC21. The zero-order valence-electron chi connectivity index (χ0n) is 17.2. The zero-order chi connectivity index (χ0) is 23.6. The van der Waals surface area contributed by atoms with E-state index in [1.807, 2.05) is 0 Å². The number of ether oxygens (including phenoxy) is 1. The van der Waals surface area contributed by atoms with Gasteiger partial charge >= 0.3 is 5.97 Å². The number of carbonyl (C=O) groups excluding carboxylic acids is 2. The molecule has 0 aromatic carbocycles. The number of tetrazole rings is 1. The topological polar surface area (TPSA) is 178 Å². The standard InChI is InChI=1S/C15H17N9O5S4/c1-7-17-19-21-23(7)6-30-5-9(25)16-15(29-2)12(28)24-10(11(26)27)8(3-31-13(15)24)4-32-14-18-20-22-33-14/h13H,3-6H2,1-2H3,(H,16,25)(H,26,27)/t13?,15-/m0/s1. The summed E-state index contributed by atoms with van der Waals surface area (Å²) in [6.07, 6.45) is 0. The first-order valence-corrected chi connectivity index (χ1v) is 13.2. The number of methoxy groups -OCH3 is 1. The van der Waals surface area contributed by atoms with Gasteiger partial charge in [-0.3, -0.25) is 14.5 Å². The lowest BCUT2D eigenvalue weighted by Gasteiger charge is -2.55. The van der Waals surface area contributed by atoms with Crippen molar-refractivity contribution in [1.29, 1.82) is 0 Å². The fourth-order valence-electron chi connectivity index (χ4n) is 3.22. The lowest BCUT2D eigenvalue weighted by Crippen LogP contribution is -2.80. The van der Waals surface area contributed by atoms with Gasteiger partial charge in [-0.25, -0.2) is 9.48 Å². The largest absolute Gasteiger partial charge is 0.477 e. The number of aryl methyl sites for hydroxylation is 1. The molecule has 1 saturated heterocycles. The number of carboxylic acid groups (broad SMARTS) is 1. The molecule has 0 aliphatic carbocycles. The summed E-state index contributed by atoms with van der Waals surface area (Å²) in [4.78, 5) is 38.8. The zero-order valence-corrected chi connectivity index (χ0v) is 20.5. The van der Waals surface area contributed by atoms with E-state index in [0.717, 1.165) is 11.5 Å². The Bertz CT molecular complexity index is 1090. The molecule has 18 heteroatoms. The monoisotopic (exact) mass is 531 g/mol. The van der Waals surface area contributed by atoms with Crippen LogP contribution in [-0.4, -0.2) is 98.3 Å². The summed E-state index contributed by atoms with van der Waals surface area (Å²) >= 11 is 4.99. The van der Waals surface area contributed by atoms with Gasteiger partial charge in [-0.05, 0) is 28.1 Å². The first-order valence-electron chi connectivity index (χ1n) is 9.22. The number of fused-ring (bicyclic) bond motifs is 1. The number of aromatic nitrogens is 7. The average Bonchev–Trinajstić information content (AvgIpc) is 3.47. The summed E-state index contributed by atoms with van der Waals surface area (Å²) in [7, 11) is 1.31. The second-order valence-corrected chi connectivity index (χ2v) is 10.7. The number of rotatable bonds is 10. The third-order valence-corrected chi connectivity index (χ3v) is 8.83. The van der Waals surface area contributed by atoms with Crippen LogP contribution in [0.25, 0.3) is 0 Å². The van der Waals surface area contributed by atoms with Crippen LogP contribution in [-0.2, 0) is 25.0 Å². The molecule has 0 radical (unpaired) electrons. The van der Waals surface area contributed by atoms with Crippen LogP contribution >= 0.6 is 46.8 Å². The fraction of sp³-hybridized carbons (Fsp3) is 0.533. The molecule has 4 heterocycles. The predicted molar refractivity (Wildman–Crippen MR) is 119 cm³/mol. The van der Waals surface area contributed by atoms with Gasteiger partial charge in [-0.2, -0.15) is 0 Å². The van der Waals surface area contributed by atoms with E-state index in [4.69, 9.17) is 4.74 Å². The van der Waals surface area contributed by atoms with Gasteiger partial charge in [0, 0.05) is 30.1 Å². The maximum Gasteiger partial charge on any atom is 0.352 e.